The van der Waals surface area contributed by atoms with Crippen molar-refractivity contribution in [3.63, 3.8) is 0 Å². The van der Waals surface area contributed by atoms with Crippen LogP contribution in [0, 0.1) is 0 Å². The first-order valence-corrected chi connectivity index (χ1v) is 10.9. The van der Waals surface area contributed by atoms with Crippen LogP contribution in [0.25, 0.3) is 4.96 Å². The van der Waals surface area contributed by atoms with E-state index in [1.807, 2.05) is 29.1 Å². The Bertz CT molecular complexity index is 981. The van der Waals surface area contributed by atoms with Crippen molar-refractivity contribution in [3.05, 3.63) is 46.7 Å². The van der Waals surface area contributed by atoms with Gasteiger partial charge in [0.25, 0.3) is 0 Å². The first kappa shape index (κ1) is 19.6. The van der Waals surface area contributed by atoms with Gasteiger partial charge in [0, 0.05) is 41.9 Å². The molecule has 1 aliphatic rings. The van der Waals surface area contributed by atoms with Crippen LogP contribution in [-0.2, 0) is 19.5 Å². The fourth-order valence-electron chi connectivity index (χ4n) is 3.44. The summed E-state index contributed by atoms with van der Waals surface area (Å²) in [7, 11) is 0. The van der Waals surface area contributed by atoms with Gasteiger partial charge in [-0.3, -0.25) is 4.40 Å². The summed E-state index contributed by atoms with van der Waals surface area (Å²) in [6.45, 7) is 8.68. The standard InChI is InChI=1S/C21H27N5O2S/c1-4-22-20(24-12-17-13-26-6-7-29-21(26)25-17)23-11-16-10-19-15(8-14(3)28-19)9-18(16)27-5-2/h6-7,9-10,13-14H,4-5,8,11-12H2,1-3H3,(H2,22,23,24). The third-order valence-corrected chi connectivity index (χ3v) is 5.48. The lowest BCUT2D eigenvalue weighted by Gasteiger charge is -2.13. The van der Waals surface area contributed by atoms with Gasteiger partial charge in [0.1, 0.15) is 17.6 Å². The van der Waals surface area contributed by atoms with E-state index in [1.54, 1.807) is 11.3 Å². The Morgan fingerprint density at radius 2 is 2.28 bits per heavy atom. The van der Waals surface area contributed by atoms with E-state index in [9.17, 15) is 0 Å². The third kappa shape index (κ3) is 4.48. The van der Waals surface area contributed by atoms with Gasteiger partial charge < -0.3 is 20.1 Å². The largest absolute Gasteiger partial charge is 0.494 e. The number of aromatic nitrogens is 2. The van der Waals surface area contributed by atoms with Crippen molar-refractivity contribution in [1.82, 2.24) is 20.0 Å². The zero-order valence-electron chi connectivity index (χ0n) is 17.1. The average molecular weight is 414 g/mol. The third-order valence-electron chi connectivity index (χ3n) is 4.71. The summed E-state index contributed by atoms with van der Waals surface area (Å²) in [5.74, 6) is 2.58. The second-order valence-electron chi connectivity index (χ2n) is 7.01. The van der Waals surface area contributed by atoms with Crippen molar-refractivity contribution in [2.45, 2.75) is 46.4 Å². The zero-order chi connectivity index (χ0) is 20.2. The average Bonchev–Trinajstić information content (AvgIpc) is 3.37. The van der Waals surface area contributed by atoms with Crippen LogP contribution >= 0.6 is 11.3 Å². The fourth-order valence-corrected chi connectivity index (χ4v) is 4.16. The van der Waals surface area contributed by atoms with E-state index in [1.165, 1.54) is 5.56 Å². The molecule has 7 nitrogen and oxygen atoms in total. The molecule has 1 atom stereocenters. The maximum absolute atomic E-state index is 5.92. The van der Waals surface area contributed by atoms with Crippen LogP contribution in [0.3, 0.4) is 0 Å². The first-order valence-electron chi connectivity index (χ1n) is 10.0. The van der Waals surface area contributed by atoms with Crippen LogP contribution < -0.4 is 20.1 Å². The SMILES string of the molecule is CCNC(=NCc1cc2c(cc1OCC)CC(C)O2)NCc1cn2ccsc2n1. The Hall–Kier alpha value is -2.74. The molecule has 154 valence electrons. The minimum absolute atomic E-state index is 0.210. The van der Waals surface area contributed by atoms with E-state index in [2.05, 4.69) is 41.6 Å². The summed E-state index contributed by atoms with van der Waals surface area (Å²) >= 11 is 1.63. The number of benzene rings is 1. The predicted molar refractivity (Wildman–Crippen MR) is 116 cm³/mol. The molecule has 0 fully saturated rings. The molecule has 1 aromatic carbocycles. The summed E-state index contributed by atoms with van der Waals surface area (Å²) in [5.41, 5.74) is 3.22. The molecular formula is C21H27N5O2S. The van der Waals surface area contributed by atoms with Gasteiger partial charge in [-0.1, -0.05) is 0 Å². The molecule has 8 heteroatoms. The van der Waals surface area contributed by atoms with Gasteiger partial charge in [0.15, 0.2) is 10.9 Å². The van der Waals surface area contributed by atoms with Gasteiger partial charge >= 0.3 is 0 Å². The molecule has 2 N–H and O–H groups in total. The van der Waals surface area contributed by atoms with Crippen molar-refractivity contribution < 1.29 is 9.47 Å². The van der Waals surface area contributed by atoms with Crippen LogP contribution in [0.15, 0.2) is 34.9 Å². The lowest BCUT2D eigenvalue weighted by atomic mass is 10.1. The van der Waals surface area contributed by atoms with Gasteiger partial charge in [-0.15, -0.1) is 11.3 Å². The molecule has 3 heterocycles. The van der Waals surface area contributed by atoms with E-state index >= 15 is 0 Å². The van der Waals surface area contributed by atoms with Crippen LogP contribution in [-0.4, -0.2) is 34.6 Å². The number of aliphatic imine (C=N–C) groups is 1. The van der Waals surface area contributed by atoms with Crippen LogP contribution in [0.2, 0.25) is 0 Å². The molecule has 2 aromatic heterocycles. The Morgan fingerprint density at radius 3 is 3.07 bits per heavy atom. The normalized spacial score (nSPS) is 16.0. The van der Waals surface area contributed by atoms with Gasteiger partial charge in [-0.05, 0) is 32.9 Å². The second kappa shape index (κ2) is 8.73. The smallest absolute Gasteiger partial charge is 0.193 e. The Kier molecular flexibility index (Phi) is 5.89. The van der Waals surface area contributed by atoms with Crippen LogP contribution in [0.1, 0.15) is 37.6 Å². The Morgan fingerprint density at radius 1 is 1.38 bits per heavy atom. The molecule has 0 amide bonds. The minimum atomic E-state index is 0.210. The number of nitrogens with zero attached hydrogens (tertiary/aromatic N) is 3. The molecule has 0 aliphatic carbocycles. The molecular weight excluding hydrogens is 386 g/mol. The Balaban J connectivity index is 1.48. The predicted octanol–water partition coefficient (Wildman–Crippen LogP) is 3.37. The number of ether oxygens (including phenoxy) is 2. The second-order valence-corrected chi connectivity index (χ2v) is 7.88. The first-order chi connectivity index (χ1) is 14.2. The van der Waals surface area contributed by atoms with Crippen molar-refractivity contribution in [1.29, 1.82) is 0 Å². The number of guanidine groups is 1. The summed E-state index contributed by atoms with van der Waals surface area (Å²) in [5, 5.41) is 8.69. The monoisotopic (exact) mass is 413 g/mol. The topological polar surface area (TPSA) is 72.2 Å². The van der Waals surface area contributed by atoms with Crippen molar-refractivity contribution in [3.8, 4) is 11.5 Å². The number of hydrogen-bond acceptors (Lipinski definition) is 5. The highest BCUT2D eigenvalue weighted by molar-refractivity contribution is 7.15. The molecule has 3 aromatic rings. The lowest BCUT2D eigenvalue weighted by Crippen LogP contribution is -2.36. The van der Waals surface area contributed by atoms with Crippen LogP contribution in [0.4, 0.5) is 0 Å². The molecule has 0 spiro atoms. The molecule has 0 bridgehead atoms. The van der Waals surface area contributed by atoms with Gasteiger partial charge in [-0.2, -0.15) is 0 Å². The maximum atomic E-state index is 5.92. The highest BCUT2D eigenvalue weighted by Gasteiger charge is 2.21. The van der Waals surface area contributed by atoms with Crippen LogP contribution in [0.5, 0.6) is 11.5 Å². The molecule has 29 heavy (non-hydrogen) atoms. The van der Waals surface area contributed by atoms with Crippen molar-refractivity contribution >= 4 is 22.3 Å². The number of rotatable bonds is 7. The van der Waals surface area contributed by atoms with Gasteiger partial charge in [0.05, 0.1) is 25.4 Å². The number of thiazole rings is 1. The van der Waals surface area contributed by atoms with E-state index in [0.29, 0.717) is 19.7 Å². The highest BCUT2D eigenvalue weighted by atomic mass is 32.1. The summed E-state index contributed by atoms with van der Waals surface area (Å²) < 4.78 is 13.8. The summed E-state index contributed by atoms with van der Waals surface area (Å²) in [4.78, 5) is 10.4. The number of nitrogens with one attached hydrogen (secondary N) is 2. The van der Waals surface area contributed by atoms with Gasteiger partial charge in [-0.25, -0.2) is 9.98 Å². The molecule has 0 saturated heterocycles. The Labute approximate surface area is 174 Å². The fraction of sp³-hybridized carbons (Fsp3) is 0.429. The lowest BCUT2D eigenvalue weighted by molar-refractivity contribution is 0.254. The van der Waals surface area contributed by atoms with E-state index in [4.69, 9.17) is 14.5 Å². The number of fused-ring (bicyclic) bond motifs is 2. The summed E-state index contributed by atoms with van der Waals surface area (Å²) in [6.07, 6.45) is 5.18. The van der Waals surface area contributed by atoms with Gasteiger partial charge in [0.2, 0.25) is 0 Å². The molecule has 1 aliphatic heterocycles. The number of hydrogen-bond donors (Lipinski definition) is 2. The quantitative estimate of drug-likeness (QED) is 0.459. The number of imidazole rings is 1. The molecule has 1 unspecified atom stereocenters. The molecule has 4 rings (SSSR count). The maximum Gasteiger partial charge on any atom is 0.193 e. The molecule has 0 saturated carbocycles. The van der Waals surface area contributed by atoms with E-state index in [-0.39, 0.29) is 6.10 Å². The van der Waals surface area contributed by atoms with E-state index < -0.39 is 0 Å². The highest BCUT2D eigenvalue weighted by Crippen LogP contribution is 2.35. The van der Waals surface area contributed by atoms with E-state index in [0.717, 1.165) is 46.6 Å². The minimum Gasteiger partial charge on any atom is -0.494 e. The zero-order valence-corrected chi connectivity index (χ0v) is 17.9. The summed E-state index contributed by atoms with van der Waals surface area (Å²) in [6, 6.07) is 4.17. The molecule has 0 radical (unpaired) electrons. The van der Waals surface area contributed by atoms with Crippen molar-refractivity contribution in [2.75, 3.05) is 13.2 Å². The van der Waals surface area contributed by atoms with Crippen molar-refractivity contribution in [2.24, 2.45) is 4.99 Å².